The highest BCUT2D eigenvalue weighted by Gasteiger charge is 2.08. The topological polar surface area (TPSA) is 29.1 Å². The van der Waals surface area contributed by atoms with Gasteiger partial charge >= 0.3 is 0 Å². The molecule has 0 saturated heterocycles. The molecule has 0 aliphatic heterocycles. The summed E-state index contributed by atoms with van der Waals surface area (Å²) in [5.74, 6) is -0.0160. The lowest BCUT2D eigenvalue weighted by Crippen LogP contribution is -2.21. The Morgan fingerprint density at radius 1 is 1.24 bits per heavy atom. The fraction of sp³-hybridized carbons (Fsp3) is 0.154. The lowest BCUT2D eigenvalue weighted by molar-refractivity contribution is 0.0960. The van der Waals surface area contributed by atoms with E-state index in [2.05, 4.69) is 5.32 Å². The van der Waals surface area contributed by atoms with Crippen molar-refractivity contribution in [2.75, 3.05) is 6.54 Å². The molecule has 2 nitrogen and oxygen atoms in total. The van der Waals surface area contributed by atoms with E-state index in [-0.39, 0.29) is 5.91 Å². The van der Waals surface area contributed by atoms with Gasteiger partial charge in [-0.05, 0) is 36.8 Å². The van der Waals surface area contributed by atoms with Crippen LogP contribution in [-0.4, -0.2) is 12.5 Å². The molecule has 0 aliphatic carbocycles. The molecule has 0 aliphatic rings. The van der Waals surface area contributed by atoms with E-state index in [0.717, 1.165) is 15.3 Å². The van der Waals surface area contributed by atoms with Crippen molar-refractivity contribution in [3.8, 4) is 10.4 Å². The minimum Gasteiger partial charge on any atom is -0.352 e. The predicted molar refractivity (Wildman–Crippen MR) is 72.8 cm³/mol. The zero-order valence-corrected chi connectivity index (χ0v) is 10.9. The second kappa shape index (κ2) is 5.34. The van der Waals surface area contributed by atoms with Crippen molar-refractivity contribution < 1.29 is 4.79 Å². The van der Waals surface area contributed by atoms with Gasteiger partial charge in [-0.25, -0.2) is 0 Å². The van der Waals surface area contributed by atoms with E-state index in [9.17, 15) is 4.79 Å². The van der Waals surface area contributed by atoms with Crippen molar-refractivity contribution in [3.05, 3.63) is 46.3 Å². The Morgan fingerprint density at radius 3 is 2.59 bits per heavy atom. The van der Waals surface area contributed by atoms with Crippen LogP contribution >= 0.6 is 22.9 Å². The number of benzene rings is 1. The summed E-state index contributed by atoms with van der Waals surface area (Å²) in [5, 5.41) is 3.50. The maximum atomic E-state index is 11.6. The third kappa shape index (κ3) is 2.87. The van der Waals surface area contributed by atoms with Gasteiger partial charge in [0, 0.05) is 16.4 Å². The molecule has 2 aromatic rings. The van der Waals surface area contributed by atoms with E-state index in [4.69, 9.17) is 11.6 Å². The number of nitrogens with one attached hydrogen (secondary N) is 1. The van der Waals surface area contributed by atoms with Gasteiger partial charge in [0.2, 0.25) is 0 Å². The predicted octanol–water partition coefficient (Wildman–Crippen LogP) is 3.82. The average Bonchev–Trinajstić information content (AvgIpc) is 2.80. The Hall–Kier alpha value is -1.32. The molecule has 2 rings (SSSR count). The van der Waals surface area contributed by atoms with E-state index in [1.165, 1.54) is 11.3 Å². The number of hydrogen-bond donors (Lipinski definition) is 1. The molecule has 0 bridgehead atoms. The number of rotatable bonds is 3. The number of halogens is 1. The van der Waals surface area contributed by atoms with Gasteiger partial charge in [-0.3, -0.25) is 4.79 Å². The molecular formula is C13H12ClNOS. The van der Waals surface area contributed by atoms with E-state index in [1.807, 2.05) is 43.3 Å². The third-order valence-corrected chi connectivity index (χ3v) is 3.68. The Morgan fingerprint density at radius 2 is 1.94 bits per heavy atom. The van der Waals surface area contributed by atoms with Gasteiger partial charge < -0.3 is 5.32 Å². The van der Waals surface area contributed by atoms with Crippen molar-refractivity contribution in [1.82, 2.24) is 5.32 Å². The SMILES string of the molecule is CCNC(=O)c1ccc(-c2ccc(Cl)cc2)s1. The van der Waals surface area contributed by atoms with Crippen molar-refractivity contribution in [3.63, 3.8) is 0 Å². The van der Waals surface area contributed by atoms with Crippen molar-refractivity contribution in [1.29, 1.82) is 0 Å². The fourth-order valence-corrected chi connectivity index (χ4v) is 2.53. The van der Waals surface area contributed by atoms with Crippen molar-refractivity contribution in [2.45, 2.75) is 6.92 Å². The van der Waals surface area contributed by atoms with Crippen LogP contribution in [0, 0.1) is 0 Å². The summed E-state index contributed by atoms with van der Waals surface area (Å²) >= 11 is 7.32. The second-order valence-corrected chi connectivity index (χ2v) is 5.05. The van der Waals surface area contributed by atoms with Crippen LogP contribution in [0.2, 0.25) is 5.02 Å². The van der Waals surface area contributed by atoms with Crippen molar-refractivity contribution >= 4 is 28.8 Å². The largest absolute Gasteiger partial charge is 0.352 e. The fourth-order valence-electron chi connectivity index (χ4n) is 1.48. The first-order chi connectivity index (χ1) is 8.20. The van der Waals surface area contributed by atoms with Crippen LogP contribution in [0.25, 0.3) is 10.4 Å². The second-order valence-electron chi connectivity index (χ2n) is 3.53. The third-order valence-electron chi connectivity index (χ3n) is 2.30. The molecule has 0 saturated carbocycles. The molecule has 1 N–H and O–H groups in total. The molecule has 4 heteroatoms. The lowest BCUT2D eigenvalue weighted by atomic mass is 10.2. The van der Waals surface area contributed by atoms with Gasteiger partial charge in [-0.2, -0.15) is 0 Å². The Labute approximate surface area is 109 Å². The smallest absolute Gasteiger partial charge is 0.261 e. The maximum Gasteiger partial charge on any atom is 0.261 e. The summed E-state index contributed by atoms with van der Waals surface area (Å²) in [6, 6.07) is 11.4. The standard InChI is InChI=1S/C13H12ClNOS/c1-2-15-13(16)12-8-7-11(17-12)9-3-5-10(14)6-4-9/h3-8H,2H2,1H3,(H,15,16). The van der Waals surface area contributed by atoms with Crippen LogP contribution < -0.4 is 5.32 Å². The first-order valence-corrected chi connectivity index (χ1v) is 6.54. The summed E-state index contributed by atoms with van der Waals surface area (Å²) in [4.78, 5) is 13.4. The molecule has 1 amide bonds. The summed E-state index contributed by atoms with van der Waals surface area (Å²) < 4.78 is 0. The first kappa shape index (κ1) is 12.1. The number of carbonyl (C=O) groups excluding carboxylic acids is 1. The van der Waals surface area contributed by atoms with Gasteiger partial charge in [-0.15, -0.1) is 11.3 Å². The molecule has 17 heavy (non-hydrogen) atoms. The Balaban J connectivity index is 2.23. The van der Waals surface area contributed by atoms with E-state index < -0.39 is 0 Å². The molecular weight excluding hydrogens is 254 g/mol. The summed E-state index contributed by atoms with van der Waals surface area (Å²) in [5.41, 5.74) is 1.08. The minimum atomic E-state index is -0.0160. The summed E-state index contributed by atoms with van der Waals surface area (Å²) in [6.45, 7) is 2.55. The molecule has 0 fully saturated rings. The highest BCUT2D eigenvalue weighted by molar-refractivity contribution is 7.17. The summed E-state index contributed by atoms with van der Waals surface area (Å²) in [7, 11) is 0. The highest BCUT2D eigenvalue weighted by atomic mass is 35.5. The molecule has 1 heterocycles. The highest BCUT2D eigenvalue weighted by Crippen LogP contribution is 2.28. The van der Waals surface area contributed by atoms with Crippen LogP contribution in [0.5, 0.6) is 0 Å². The molecule has 88 valence electrons. The zero-order chi connectivity index (χ0) is 12.3. The first-order valence-electron chi connectivity index (χ1n) is 5.34. The van der Waals surface area contributed by atoms with Crippen LogP contribution in [0.4, 0.5) is 0 Å². The van der Waals surface area contributed by atoms with Crippen LogP contribution in [-0.2, 0) is 0 Å². The number of carbonyl (C=O) groups is 1. The Bertz CT molecular complexity index is 518. The van der Waals surface area contributed by atoms with E-state index in [1.54, 1.807) is 0 Å². The van der Waals surface area contributed by atoms with Crippen LogP contribution in [0.3, 0.4) is 0 Å². The van der Waals surface area contributed by atoms with Crippen molar-refractivity contribution in [2.24, 2.45) is 0 Å². The normalized spacial score (nSPS) is 10.2. The molecule has 0 radical (unpaired) electrons. The number of amides is 1. The van der Waals surface area contributed by atoms with E-state index in [0.29, 0.717) is 11.6 Å². The van der Waals surface area contributed by atoms with Gasteiger partial charge in [0.15, 0.2) is 0 Å². The molecule has 0 unspecified atom stereocenters. The maximum absolute atomic E-state index is 11.6. The van der Waals surface area contributed by atoms with Crippen LogP contribution in [0.1, 0.15) is 16.6 Å². The van der Waals surface area contributed by atoms with Crippen LogP contribution in [0.15, 0.2) is 36.4 Å². The molecule has 0 atom stereocenters. The lowest BCUT2D eigenvalue weighted by Gasteiger charge is -1.98. The molecule has 1 aromatic carbocycles. The van der Waals surface area contributed by atoms with Gasteiger partial charge in [0.05, 0.1) is 4.88 Å². The van der Waals surface area contributed by atoms with Gasteiger partial charge in [0.1, 0.15) is 0 Å². The minimum absolute atomic E-state index is 0.0160. The quantitative estimate of drug-likeness (QED) is 0.898. The molecule has 1 aromatic heterocycles. The number of thiophene rings is 1. The van der Waals surface area contributed by atoms with Gasteiger partial charge in [-0.1, -0.05) is 23.7 Å². The van der Waals surface area contributed by atoms with Gasteiger partial charge in [0.25, 0.3) is 5.91 Å². The Kier molecular flexibility index (Phi) is 3.82. The zero-order valence-electron chi connectivity index (χ0n) is 9.37. The number of hydrogen-bond acceptors (Lipinski definition) is 2. The average molecular weight is 266 g/mol. The van der Waals surface area contributed by atoms with E-state index >= 15 is 0 Å². The molecule has 0 spiro atoms. The monoisotopic (exact) mass is 265 g/mol. The summed E-state index contributed by atoms with van der Waals surface area (Å²) in [6.07, 6.45) is 0.